The van der Waals surface area contributed by atoms with Crippen molar-refractivity contribution in [2.45, 2.75) is 38.3 Å². The van der Waals surface area contributed by atoms with Gasteiger partial charge in [0.15, 0.2) is 0 Å². The highest BCUT2D eigenvalue weighted by atomic mass is 16.5. The SMILES string of the molecule is O=C(CC1CCCCO1)NCCn1c(=O)[nH]c2ccccc21. The van der Waals surface area contributed by atoms with Crippen LogP contribution in [0.2, 0.25) is 0 Å². The van der Waals surface area contributed by atoms with Gasteiger partial charge in [-0.05, 0) is 31.4 Å². The molecule has 0 radical (unpaired) electrons. The minimum Gasteiger partial charge on any atom is -0.378 e. The van der Waals surface area contributed by atoms with Crippen molar-refractivity contribution in [1.29, 1.82) is 0 Å². The van der Waals surface area contributed by atoms with Crippen LogP contribution in [0.25, 0.3) is 11.0 Å². The van der Waals surface area contributed by atoms with Crippen LogP contribution in [0.3, 0.4) is 0 Å². The smallest absolute Gasteiger partial charge is 0.326 e. The Morgan fingerprint density at radius 3 is 3.05 bits per heavy atom. The maximum absolute atomic E-state index is 11.9. The Labute approximate surface area is 128 Å². The van der Waals surface area contributed by atoms with E-state index in [4.69, 9.17) is 4.74 Å². The summed E-state index contributed by atoms with van der Waals surface area (Å²) in [6.07, 6.45) is 3.62. The zero-order valence-corrected chi connectivity index (χ0v) is 12.5. The van der Waals surface area contributed by atoms with Crippen molar-refractivity contribution in [3.8, 4) is 0 Å². The van der Waals surface area contributed by atoms with Crippen molar-refractivity contribution in [3.05, 3.63) is 34.7 Å². The maximum Gasteiger partial charge on any atom is 0.326 e. The topological polar surface area (TPSA) is 76.1 Å². The number of nitrogens with zero attached hydrogens (tertiary/aromatic N) is 1. The van der Waals surface area contributed by atoms with Crippen LogP contribution in [0.1, 0.15) is 25.7 Å². The van der Waals surface area contributed by atoms with E-state index in [9.17, 15) is 9.59 Å². The van der Waals surface area contributed by atoms with E-state index in [0.717, 1.165) is 36.9 Å². The summed E-state index contributed by atoms with van der Waals surface area (Å²) in [7, 11) is 0. The molecule has 0 saturated carbocycles. The van der Waals surface area contributed by atoms with Crippen LogP contribution in [-0.4, -0.2) is 34.7 Å². The molecule has 1 amide bonds. The standard InChI is InChI=1S/C16H21N3O3/c20-15(11-12-5-3-4-10-22-12)17-8-9-19-14-7-2-1-6-13(14)18-16(19)21/h1-2,6-7,12H,3-5,8-11H2,(H,17,20)(H,18,21). The van der Waals surface area contributed by atoms with Crippen LogP contribution < -0.4 is 11.0 Å². The first-order valence-electron chi connectivity index (χ1n) is 7.80. The van der Waals surface area contributed by atoms with Crippen LogP contribution >= 0.6 is 0 Å². The molecule has 2 N–H and O–H groups in total. The normalized spacial score (nSPS) is 18.5. The highest BCUT2D eigenvalue weighted by Crippen LogP contribution is 2.15. The Morgan fingerprint density at radius 2 is 2.23 bits per heavy atom. The van der Waals surface area contributed by atoms with Gasteiger partial charge in [-0.1, -0.05) is 12.1 Å². The molecule has 118 valence electrons. The zero-order chi connectivity index (χ0) is 15.4. The average Bonchev–Trinajstić information content (AvgIpc) is 2.84. The van der Waals surface area contributed by atoms with E-state index in [2.05, 4.69) is 10.3 Å². The first kappa shape index (κ1) is 14.8. The molecule has 1 unspecified atom stereocenters. The van der Waals surface area contributed by atoms with Crippen LogP contribution in [0, 0.1) is 0 Å². The number of benzene rings is 1. The second-order valence-corrected chi connectivity index (χ2v) is 5.64. The number of ether oxygens (including phenoxy) is 1. The summed E-state index contributed by atoms with van der Waals surface area (Å²) in [6, 6.07) is 7.54. The fourth-order valence-corrected chi connectivity index (χ4v) is 2.88. The lowest BCUT2D eigenvalue weighted by Gasteiger charge is -2.21. The molecule has 22 heavy (non-hydrogen) atoms. The van der Waals surface area contributed by atoms with Crippen LogP contribution in [0.15, 0.2) is 29.1 Å². The summed E-state index contributed by atoms with van der Waals surface area (Å²) < 4.78 is 7.20. The summed E-state index contributed by atoms with van der Waals surface area (Å²) in [4.78, 5) is 26.6. The predicted molar refractivity (Wildman–Crippen MR) is 83.8 cm³/mol. The molecule has 1 fully saturated rings. The molecule has 0 spiro atoms. The van der Waals surface area contributed by atoms with Crippen molar-refractivity contribution in [2.75, 3.05) is 13.2 Å². The van der Waals surface area contributed by atoms with Crippen LogP contribution in [0.4, 0.5) is 0 Å². The maximum atomic E-state index is 11.9. The van der Waals surface area contributed by atoms with E-state index < -0.39 is 0 Å². The van der Waals surface area contributed by atoms with Crippen molar-refractivity contribution in [2.24, 2.45) is 0 Å². The monoisotopic (exact) mass is 303 g/mol. The second-order valence-electron chi connectivity index (χ2n) is 5.64. The van der Waals surface area contributed by atoms with E-state index >= 15 is 0 Å². The lowest BCUT2D eigenvalue weighted by molar-refractivity contribution is -0.124. The molecule has 1 atom stereocenters. The minimum absolute atomic E-state index is 0.0141. The van der Waals surface area contributed by atoms with Crippen LogP contribution in [0.5, 0.6) is 0 Å². The number of hydrogen-bond donors (Lipinski definition) is 2. The molecule has 0 bridgehead atoms. The van der Waals surface area contributed by atoms with Gasteiger partial charge in [-0.15, -0.1) is 0 Å². The number of hydrogen-bond acceptors (Lipinski definition) is 3. The van der Waals surface area contributed by atoms with Crippen LogP contribution in [-0.2, 0) is 16.1 Å². The van der Waals surface area contributed by atoms with Gasteiger partial charge < -0.3 is 15.0 Å². The number of H-pyrrole nitrogens is 1. The highest BCUT2D eigenvalue weighted by Gasteiger charge is 2.17. The Bertz CT molecular complexity index is 698. The van der Waals surface area contributed by atoms with Crippen molar-refractivity contribution < 1.29 is 9.53 Å². The van der Waals surface area contributed by atoms with Gasteiger partial charge >= 0.3 is 5.69 Å². The summed E-state index contributed by atoms with van der Waals surface area (Å²) in [5.41, 5.74) is 1.53. The molecular formula is C16H21N3O3. The molecule has 2 heterocycles. The largest absolute Gasteiger partial charge is 0.378 e. The molecule has 3 rings (SSSR count). The third kappa shape index (κ3) is 3.39. The van der Waals surface area contributed by atoms with E-state index in [1.807, 2.05) is 24.3 Å². The average molecular weight is 303 g/mol. The van der Waals surface area contributed by atoms with Gasteiger partial charge in [0, 0.05) is 19.7 Å². The molecule has 0 aliphatic carbocycles. The zero-order valence-electron chi connectivity index (χ0n) is 12.5. The number of para-hydroxylation sites is 2. The minimum atomic E-state index is -0.147. The second kappa shape index (κ2) is 6.79. The third-order valence-corrected chi connectivity index (χ3v) is 4.03. The predicted octanol–water partition coefficient (Wildman–Crippen LogP) is 1.40. The van der Waals surface area contributed by atoms with Crippen molar-refractivity contribution in [3.63, 3.8) is 0 Å². The fourth-order valence-electron chi connectivity index (χ4n) is 2.88. The number of aromatic nitrogens is 2. The number of rotatable bonds is 5. The molecule has 1 aliphatic heterocycles. The molecule has 2 aromatic rings. The van der Waals surface area contributed by atoms with Gasteiger partial charge in [0.05, 0.1) is 23.6 Å². The lowest BCUT2D eigenvalue weighted by Crippen LogP contribution is -2.33. The van der Waals surface area contributed by atoms with Gasteiger partial charge in [0.25, 0.3) is 0 Å². The van der Waals surface area contributed by atoms with E-state index in [0.29, 0.717) is 19.5 Å². The fraction of sp³-hybridized carbons (Fsp3) is 0.500. The Morgan fingerprint density at radius 1 is 1.36 bits per heavy atom. The molecule has 1 saturated heterocycles. The van der Waals surface area contributed by atoms with E-state index in [-0.39, 0.29) is 17.7 Å². The number of carbonyl (C=O) groups is 1. The Balaban J connectivity index is 1.52. The van der Waals surface area contributed by atoms with Gasteiger partial charge in [0.2, 0.25) is 5.91 Å². The number of imidazole rings is 1. The summed E-state index contributed by atoms with van der Waals surface area (Å²) in [5.74, 6) is -0.0141. The van der Waals surface area contributed by atoms with Crippen molar-refractivity contribution >= 4 is 16.9 Å². The first-order chi connectivity index (χ1) is 10.7. The van der Waals surface area contributed by atoms with Gasteiger partial charge in [-0.3, -0.25) is 9.36 Å². The molecule has 1 aromatic heterocycles. The van der Waals surface area contributed by atoms with Gasteiger partial charge in [0.1, 0.15) is 0 Å². The first-order valence-corrected chi connectivity index (χ1v) is 7.80. The molecule has 1 aromatic carbocycles. The number of aromatic amines is 1. The molecule has 6 nitrogen and oxygen atoms in total. The summed E-state index contributed by atoms with van der Waals surface area (Å²) in [6.45, 7) is 1.65. The Hall–Kier alpha value is -2.08. The Kier molecular flexibility index (Phi) is 4.58. The molecule has 1 aliphatic rings. The number of amides is 1. The quantitative estimate of drug-likeness (QED) is 0.876. The number of carbonyl (C=O) groups excluding carboxylic acids is 1. The number of nitrogens with one attached hydrogen (secondary N) is 2. The summed E-state index contributed by atoms with van der Waals surface area (Å²) in [5, 5.41) is 2.87. The lowest BCUT2D eigenvalue weighted by atomic mass is 10.1. The summed E-state index contributed by atoms with van der Waals surface area (Å²) >= 11 is 0. The highest BCUT2D eigenvalue weighted by molar-refractivity contribution is 5.76. The molecular weight excluding hydrogens is 282 g/mol. The van der Waals surface area contributed by atoms with Crippen molar-refractivity contribution in [1.82, 2.24) is 14.9 Å². The number of fused-ring (bicyclic) bond motifs is 1. The van der Waals surface area contributed by atoms with Gasteiger partial charge in [-0.2, -0.15) is 0 Å². The molecule has 6 heteroatoms. The third-order valence-electron chi connectivity index (χ3n) is 4.03. The van der Waals surface area contributed by atoms with E-state index in [1.165, 1.54) is 0 Å². The van der Waals surface area contributed by atoms with E-state index in [1.54, 1.807) is 4.57 Å². The van der Waals surface area contributed by atoms with Gasteiger partial charge in [-0.25, -0.2) is 4.79 Å².